The Morgan fingerprint density at radius 2 is 2.08 bits per heavy atom. The van der Waals surface area contributed by atoms with Crippen LogP contribution in [0.4, 0.5) is 0 Å². The molecule has 0 unspecified atom stereocenters. The molecule has 0 fully saturated rings. The smallest absolute Gasteiger partial charge is 0.202 e. The van der Waals surface area contributed by atoms with E-state index in [4.69, 9.17) is 0 Å². The zero-order chi connectivity index (χ0) is 8.39. The Bertz CT molecular complexity index is 366. The monoisotopic (exact) mass is 159 g/mol. The third-order valence-corrected chi connectivity index (χ3v) is 1.60. The lowest BCUT2D eigenvalue weighted by Gasteiger charge is -1.97. The standard InChI is InChI=1S/C8H7N4/c1-12-6-10-11-8(12)7-2-4-9-5-3-7/h2-5H,1H3. The molecule has 2 aromatic heterocycles. The highest BCUT2D eigenvalue weighted by Gasteiger charge is 2.02. The lowest BCUT2D eigenvalue weighted by atomic mass is 10.2. The first-order valence-corrected chi connectivity index (χ1v) is 3.55. The Labute approximate surface area is 69.9 Å². The summed E-state index contributed by atoms with van der Waals surface area (Å²) in [5, 5.41) is 7.58. The van der Waals surface area contributed by atoms with E-state index in [-0.39, 0.29) is 0 Å². The SMILES string of the molecule is Cn1[c]nnc1-c1ccncc1. The molecule has 4 nitrogen and oxygen atoms in total. The van der Waals surface area contributed by atoms with Crippen molar-refractivity contribution in [2.24, 2.45) is 7.05 Å². The minimum absolute atomic E-state index is 0.803. The molecule has 1 radical (unpaired) electrons. The molecular weight excluding hydrogens is 152 g/mol. The molecule has 12 heavy (non-hydrogen) atoms. The van der Waals surface area contributed by atoms with Gasteiger partial charge in [0.15, 0.2) is 5.82 Å². The fourth-order valence-corrected chi connectivity index (χ4v) is 1.00. The molecule has 0 saturated heterocycles. The van der Waals surface area contributed by atoms with Crippen LogP contribution in [0.1, 0.15) is 0 Å². The first kappa shape index (κ1) is 6.97. The predicted molar refractivity (Wildman–Crippen MR) is 43.1 cm³/mol. The van der Waals surface area contributed by atoms with Crippen molar-refractivity contribution in [1.82, 2.24) is 19.7 Å². The zero-order valence-corrected chi connectivity index (χ0v) is 6.60. The summed E-state index contributed by atoms with van der Waals surface area (Å²) in [4.78, 5) is 3.92. The van der Waals surface area contributed by atoms with E-state index in [0.717, 1.165) is 11.4 Å². The number of pyridine rings is 1. The van der Waals surface area contributed by atoms with Crippen LogP contribution in [0.2, 0.25) is 0 Å². The van der Waals surface area contributed by atoms with Crippen LogP contribution >= 0.6 is 0 Å². The lowest BCUT2D eigenvalue weighted by molar-refractivity contribution is 0.909. The molecular formula is C8H7N4. The molecule has 2 heterocycles. The van der Waals surface area contributed by atoms with Gasteiger partial charge < -0.3 is 4.57 Å². The number of rotatable bonds is 1. The van der Waals surface area contributed by atoms with Gasteiger partial charge >= 0.3 is 0 Å². The summed E-state index contributed by atoms with van der Waals surface area (Å²) < 4.78 is 1.75. The summed E-state index contributed by atoms with van der Waals surface area (Å²) in [7, 11) is 1.86. The van der Waals surface area contributed by atoms with Crippen LogP contribution in [0.3, 0.4) is 0 Å². The van der Waals surface area contributed by atoms with Gasteiger partial charge in [0.05, 0.1) is 0 Å². The number of hydrogen-bond acceptors (Lipinski definition) is 3. The van der Waals surface area contributed by atoms with E-state index < -0.39 is 0 Å². The number of hydrogen-bond donors (Lipinski definition) is 0. The quantitative estimate of drug-likeness (QED) is 0.614. The third kappa shape index (κ3) is 1.07. The summed E-state index contributed by atoms with van der Waals surface area (Å²) in [5.41, 5.74) is 1.00. The average molecular weight is 159 g/mol. The van der Waals surface area contributed by atoms with Gasteiger partial charge in [-0.25, -0.2) is 0 Å². The van der Waals surface area contributed by atoms with E-state index in [1.165, 1.54) is 0 Å². The fourth-order valence-electron chi connectivity index (χ4n) is 1.00. The maximum atomic E-state index is 3.92. The molecule has 4 heteroatoms. The Hall–Kier alpha value is -1.71. The van der Waals surface area contributed by atoms with Crippen molar-refractivity contribution in [2.45, 2.75) is 0 Å². The van der Waals surface area contributed by atoms with E-state index in [9.17, 15) is 0 Å². The minimum Gasteiger partial charge on any atom is -0.307 e. The second kappa shape index (κ2) is 2.73. The largest absolute Gasteiger partial charge is 0.307 e. The van der Waals surface area contributed by atoms with Gasteiger partial charge in [0.2, 0.25) is 6.33 Å². The molecule has 0 aromatic carbocycles. The Kier molecular flexibility index (Phi) is 1.59. The highest BCUT2D eigenvalue weighted by Crippen LogP contribution is 2.12. The normalized spacial score (nSPS) is 10.1. The Morgan fingerprint density at radius 3 is 2.67 bits per heavy atom. The molecule has 0 amide bonds. The third-order valence-electron chi connectivity index (χ3n) is 1.60. The molecule has 0 aliphatic rings. The summed E-state index contributed by atoms with van der Waals surface area (Å²) in [6.45, 7) is 0. The second-order valence-electron chi connectivity index (χ2n) is 2.42. The van der Waals surface area contributed by atoms with Crippen molar-refractivity contribution in [2.75, 3.05) is 0 Å². The van der Waals surface area contributed by atoms with E-state index in [2.05, 4.69) is 21.5 Å². The van der Waals surface area contributed by atoms with Crippen molar-refractivity contribution in [3.05, 3.63) is 30.9 Å². The molecule has 0 atom stereocenters. The predicted octanol–water partition coefficient (Wildman–Crippen LogP) is 0.677. The summed E-state index contributed by atoms with van der Waals surface area (Å²) >= 11 is 0. The van der Waals surface area contributed by atoms with Crippen molar-refractivity contribution < 1.29 is 0 Å². The van der Waals surface area contributed by atoms with Crippen LogP contribution in [0.15, 0.2) is 24.5 Å². The second-order valence-corrected chi connectivity index (χ2v) is 2.42. The van der Waals surface area contributed by atoms with E-state index in [0.29, 0.717) is 0 Å². The van der Waals surface area contributed by atoms with Crippen molar-refractivity contribution in [1.29, 1.82) is 0 Å². The van der Waals surface area contributed by atoms with Gasteiger partial charge in [-0.15, -0.1) is 10.2 Å². The molecule has 0 saturated carbocycles. The van der Waals surface area contributed by atoms with Gasteiger partial charge in [-0.3, -0.25) is 4.98 Å². The first-order chi connectivity index (χ1) is 5.88. The van der Waals surface area contributed by atoms with Crippen LogP contribution in [0.5, 0.6) is 0 Å². The molecule has 0 N–H and O–H groups in total. The zero-order valence-electron chi connectivity index (χ0n) is 6.60. The number of nitrogens with zero attached hydrogens (tertiary/aromatic N) is 4. The van der Waals surface area contributed by atoms with Crippen molar-refractivity contribution in [3.63, 3.8) is 0 Å². The van der Waals surface area contributed by atoms with Gasteiger partial charge in [0.25, 0.3) is 0 Å². The molecule has 0 aliphatic carbocycles. The summed E-state index contributed by atoms with van der Waals surface area (Å²) in [6.07, 6.45) is 6.15. The summed E-state index contributed by atoms with van der Waals surface area (Å²) in [5.74, 6) is 0.803. The van der Waals surface area contributed by atoms with Crippen molar-refractivity contribution in [3.8, 4) is 11.4 Å². The van der Waals surface area contributed by atoms with Gasteiger partial charge in [-0.2, -0.15) is 0 Å². The highest BCUT2D eigenvalue weighted by molar-refractivity contribution is 5.53. The Balaban J connectivity index is 2.51. The summed E-state index contributed by atoms with van der Waals surface area (Å²) in [6, 6.07) is 3.77. The van der Waals surface area contributed by atoms with E-state index in [1.54, 1.807) is 17.0 Å². The topological polar surface area (TPSA) is 43.6 Å². The maximum Gasteiger partial charge on any atom is 0.202 e. The molecule has 59 valence electrons. The van der Waals surface area contributed by atoms with Gasteiger partial charge in [0.1, 0.15) is 0 Å². The molecule has 0 spiro atoms. The lowest BCUT2D eigenvalue weighted by Crippen LogP contribution is -1.90. The van der Waals surface area contributed by atoms with Crippen LogP contribution < -0.4 is 0 Å². The van der Waals surface area contributed by atoms with Gasteiger partial charge in [-0.1, -0.05) is 0 Å². The number of aromatic nitrogens is 4. The van der Waals surface area contributed by atoms with Crippen LogP contribution in [0.25, 0.3) is 11.4 Å². The van der Waals surface area contributed by atoms with E-state index >= 15 is 0 Å². The fraction of sp³-hybridized carbons (Fsp3) is 0.125. The van der Waals surface area contributed by atoms with Crippen LogP contribution in [-0.4, -0.2) is 19.7 Å². The Morgan fingerprint density at radius 1 is 1.33 bits per heavy atom. The maximum absolute atomic E-state index is 3.92. The van der Waals surface area contributed by atoms with Gasteiger partial charge in [-0.05, 0) is 12.1 Å². The minimum atomic E-state index is 0.803. The van der Waals surface area contributed by atoms with Crippen LogP contribution in [0, 0.1) is 6.33 Å². The van der Waals surface area contributed by atoms with Gasteiger partial charge in [0, 0.05) is 25.0 Å². The number of aryl methyl sites for hydroxylation is 1. The van der Waals surface area contributed by atoms with Crippen LogP contribution in [-0.2, 0) is 7.05 Å². The molecule has 0 bridgehead atoms. The van der Waals surface area contributed by atoms with Crippen molar-refractivity contribution >= 4 is 0 Å². The molecule has 2 rings (SSSR count). The van der Waals surface area contributed by atoms with E-state index in [1.807, 2.05) is 19.2 Å². The molecule has 2 aromatic rings. The first-order valence-electron chi connectivity index (χ1n) is 3.55. The highest BCUT2D eigenvalue weighted by atomic mass is 15.2. The molecule has 0 aliphatic heterocycles. The average Bonchev–Trinajstić information content (AvgIpc) is 2.53.